The molecule has 0 saturated carbocycles. The molecule has 2 rings (SSSR count). The zero-order valence-electron chi connectivity index (χ0n) is 11.0. The van der Waals surface area contributed by atoms with Crippen molar-refractivity contribution in [3.63, 3.8) is 0 Å². The van der Waals surface area contributed by atoms with E-state index in [1.165, 1.54) is 0 Å². The molecule has 3 N–H and O–H groups in total. The average molecular weight is 307 g/mol. The summed E-state index contributed by atoms with van der Waals surface area (Å²) in [6.07, 6.45) is 0. The number of ether oxygens (including phenoxy) is 1. The molecule has 2 aromatic rings. The standard InChI is InChI=1S/C15H15ClN2OS/c1-19-9-10-3-2-4-12(7-10)18-14-8-11(16)5-6-13(14)15(17)20/h2-8,18H,9H2,1H3,(H2,17,20). The summed E-state index contributed by atoms with van der Waals surface area (Å²) in [5, 5.41) is 3.91. The van der Waals surface area contributed by atoms with Gasteiger partial charge in [-0.25, -0.2) is 0 Å². The van der Waals surface area contributed by atoms with E-state index in [1.807, 2.05) is 30.3 Å². The third-order valence-corrected chi connectivity index (χ3v) is 3.22. The fourth-order valence-electron chi connectivity index (χ4n) is 1.90. The summed E-state index contributed by atoms with van der Waals surface area (Å²) in [5.41, 5.74) is 9.29. The van der Waals surface area contributed by atoms with Gasteiger partial charge in [-0.1, -0.05) is 36.0 Å². The van der Waals surface area contributed by atoms with Crippen molar-refractivity contribution in [3.8, 4) is 0 Å². The molecule has 0 aliphatic carbocycles. The third kappa shape index (κ3) is 3.70. The lowest BCUT2D eigenvalue weighted by Crippen LogP contribution is -2.11. The summed E-state index contributed by atoms with van der Waals surface area (Å²) in [7, 11) is 1.67. The van der Waals surface area contributed by atoms with Crippen LogP contribution in [0.1, 0.15) is 11.1 Å². The Labute approximate surface area is 128 Å². The van der Waals surface area contributed by atoms with E-state index < -0.39 is 0 Å². The van der Waals surface area contributed by atoms with Gasteiger partial charge in [0.15, 0.2) is 0 Å². The van der Waals surface area contributed by atoms with Gasteiger partial charge in [0.1, 0.15) is 4.99 Å². The van der Waals surface area contributed by atoms with Gasteiger partial charge in [0.2, 0.25) is 0 Å². The number of benzene rings is 2. The third-order valence-electron chi connectivity index (χ3n) is 2.76. The molecule has 0 unspecified atom stereocenters. The highest BCUT2D eigenvalue weighted by molar-refractivity contribution is 7.80. The van der Waals surface area contributed by atoms with E-state index in [-0.39, 0.29) is 0 Å². The van der Waals surface area contributed by atoms with Gasteiger partial charge in [-0.05, 0) is 35.9 Å². The van der Waals surface area contributed by atoms with Crippen molar-refractivity contribution in [1.29, 1.82) is 0 Å². The number of nitrogens with two attached hydrogens (primary N) is 1. The molecule has 104 valence electrons. The maximum Gasteiger partial charge on any atom is 0.106 e. The van der Waals surface area contributed by atoms with Crippen LogP contribution in [0.2, 0.25) is 5.02 Å². The van der Waals surface area contributed by atoms with Gasteiger partial charge in [-0.15, -0.1) is 0 Å². The van der Waals surface area contributed by atoms with Gasteiger partial charge in [0, 0.05) is 23.4 Å². The molecule has 0 fully saturated rings. The predicted octanol–water partition coefficient (Wildman–Crippen LogP) is 3.86. The van der Waals surface area contributed by atoms with Crippen molar-refractivity contribution in [2.75, 3.05) is 12.4 Å². The first kappa shape index (κ1) is 14.8. The average Bonchev–Trinajstić information content (AvgIpc) is 2.39. The van der Waals surface area contributed by atoms with Crippen molar-refractivity contribution in [2.45, 2.75) is 6.61 Å². The van der Waals surface area contributed by atoms with E-state index >= 15 is 0 Å². The van der Waals surface area contributed by atoms with Crippen LogP contribution in [0.5, 0.6) is 0 Å². The Morgan fingerprint density at radius 2 is 2.10 bits per heavy atom. The van der Waals surface area contributed by atoms with Gasteiger partial charge in [0.25, 0.3) is 0 Å². The topological polar surface area (TPSA) is 47.3 Å². The van der Waals surface area contributed by atoms with E-state index in [9.17, 15) is 0 Å². The monoisotopic (exact) mass is 306 g/mol. The van der Waals surface area contributed by atoms with Crippen LogP contribution in [0.3, 0.4) is 0 Å². The van der Waals surface area contributed by atoms with Gasteiger partial charge >= 0.3 is 0 Å². The second kappa shape index (κ2) is 6.70. The Hall–Kier alpha value is -1.62. The van der Waals surface area contributed by atoms with Crippen LogP contribution in [-0.4, -0.2) is 12.1 Å². The SMILES string of the molecule is COCc1cccc(Nc2cc(Cl)ccc2C(N)=S)c1. The minimum absolute atomic E-state index is 0.331. The number of anilines is 2. The molecular weight excluding hydrogens is 292 g/mol. The van der Waals surface area contributed by atoms with Gasteiger partial charge in [-0.3, -0.25) is 0 Å². The Morgan fingerprint density at radius 1 is 1.30 bits per heavy atom. The Morgan fingerprint density at radius 3 is 2.80 bits per heavy atom. The maximum absolute atomic E-state index is 6.02. The number of hydrogen-bond donors (Lipinski definition) is 2. The molecule has 0 aliphatic rings. The Balaban J connectivity index is 2.31. The number of hydrogen-bond acceptors (Lipinski definition) is 3. The fraction of sp³-hybridized carbons (Fsp3) is 0.133. The Bertz CT molecular complexity index is 631. The lowest BCUT2D eigenvalue weighted by atomic mass is 10.1. The van der Waals surface area contributed by atoms with E-state index in [0.29, 0.717) is 16.6 Å². The van der Waals surface area contributed by atoms with Gasteiger partial charge in [-0.2, -0.15) is 0 Å². The highest BCUT2D eigenvalue weighted by Gasteiger charge is 2.07. The van der Waals surface area contributed by atoms with E-state index in [1.54, 1.807) is 19.2 Å². The summed E-state index contributed by atoms with van der Waals surface area (Å²) >= 11 is 11.1. The number of thiocarbonyl (C=S) groups is 1. The fourth-order valence-corrected chi connectivity index (χ4v) is 2.25. The Kier molecular flexibility index (Phi) is 4.95. The molecule has 0 spiro atoms. The molecule has 3 nitrogen and oxygen atoms in total. The lowest BCUT2D eigenvalue weighted by molar-refractivity contribution is 0.185. The molecule has 0 aromatic heterocycles. The summed E-state index contributed by atoms with van der Waals surface area (Å²) in [6, 6.07) is 13.3. The van der Waals surface area contributed by atoms with E-state index in [0.717, 1.165) is 22.5 Å². The second-order valence-corrected chi connectivity index (χ2v) is 5.19. The molecule has 0 saturated heterocycles. The first-order valence-electron chi connectivity index (χ1n) is 6.04. The summed E-state index contributed by atoms with van der Waals surface area (Å²) in [5.74, 6) is 0. The van der Waals surface area contributed by atoms with Crippen molar-refractivity contribution < 1.29 is 4.74 Å². The normalized spacial score (nSPS) is 10.3. The summed E-state index contributed by atoms with van der Waals surface area (Å²) < 4.78 is 5.12. The van der Waals surface area contributed by atoms with Gasteiger partial charge in [0.05, 0.1) is 12.3 Å². The molecule has 2 aromatic carbocycles. The molecule has 0 atom stereocenters. The molecule has 5 heteroatoms. The number of rotatable bonds is 5. The zero-order chi connectivity index (χ0) is 14.5. The number of nitrogens with one attached hydrogen (secondary N) is 1. The quantitative estimate of drug-likeness (QED) is 0.823. The zero-order valence-corrected chi connectivity index (χ0v) is 12.6. The highest BCUT2D eigenvalue weighted by Crippen LogP contribution is 2.25. The van der Waals surface area contributed by atoms with Crippen LogP contribution in [0, 0.1) is 0 Å². The maximum atomic E-state index is 6.02. The van der Waals surface area contributed by atoms with Crippen molar-refractivity contribution >= 4 is 40.2 Å². The first-order valence-corrected chi connectivity index (χ1v) is 6.83. The molecule has 0 heterocycles. The van der Waals surface area contributed by atoms with Crippen LogP contribution in [-0.2, 0) is 11.3 Å². The molecule has 20 heavy (non-hydrogen) atoms. The lowest BCUT2D eigenvalue weighted by Gasteiger charge is -2.12. The number of methoxy groups -OCH3 is 1. The van der Waals surface area contributed by atoms with Crippen LogP contribution in [0.25, 0.3) is 0 Å². The van der Waals surface area contributed by atoms with E-state index in [2.05, 4.69) is 5.32 Å². The first-order chi connectivity index (χ1) is 9.60. The summed E-state index contributed by atoms with van der Waals surface area (Å²) in [6.45, 7) is 0.563. The minimum Gasteiger partial charge on any atom is -0.389 e. The predicted molar refractivity (Wildman–Crippen MR) is 87.8 cm³/mol. The smallest absolute Gasteiger partial charge is 0.106 e. The number of halogens is 1. The van der Waals surface area contributed by atoms with Crippen LogP contribution in [0.15, 0.2) is 42.5 Å². The van der Waals surface area contributed by atoms with Crippen molar-refractivity contribution in [2.24, 2.45) is 5.73 Å². The largest absolute Gasteiger partial charge is 0.389 e. The molecule has 0 amide bonds. The minimum atomic E-state index is 0.331. The highest BCUT2D eigenvalue weighted by atomic mass is 35.5. The summed E-state index contributed by atoms with van der Waals surface area (Å²) in [4.78, 5) is 0.331. The molecule has 0 radical (unpaired) electrons. The van der Waals surface area contributed by atoms with Crippen molar-refractivity contribution in [1.82, 2.24) is 0 Å². The molecule has 0 aliphatic heterocycles. The molecular formula is C15H15ClN2OS. The van der Waals surface area contributed by atoms with Crippen LogP contribution >= 0.6 is 23.8 Å². The van der Waals surface area contributed by atoms with Gasteiger partial charge < -0.3 is 15.8 Å². The van der Waals surface area contributed by atoms with Crippen LogP contribution < -0.4 is 11.1 Å². The van der Waals surface area contributed by atoms with Crippen molar-refractivity contribution in [3.05, 3.63) is 58.6 Å². The van der Waals surface area contributed by atoms with E-state index in [4.69, 9.17) is 34.3 Å². The molecule has 0 bridgehead atoms. The second-order valence-electron chi connectivity index (χ2n) is 4.31. The van der Waals surface area contributed by atoms with Crippen LogP contribution in [0.4, 0.5) is 11.4 Å².